The largest absolute Gasteiger partial charge is 0.337 e. The monoisotopic (exact) mass is 286 g/mol. The predicted molar refractivity (Wildman–Crippen MR) is 74.1 cm³/mol. The van der Waals surface area contributed by atoms with Crippen LogP contribution in [-0.2, 0) is 0 Å². The van der Waals surface area contributed by atoms with Crippen LogP contribution in [0.1, 0.15) is 23.7 Å². The van der Waals surface area contributed by atoms with Gasteiger partial charge in [-0.05, 0) is 30.5 Å². The Morgan fingerprint density at radius 1 is 1.28 bits per heavy atom. The maximum Gasteiger partial charge on any atom is 0.254 e. The number of likely N-dealkylation sites (tertiary alicyclic amines) is 1. The van der Waals surface area contributed by atoms with Gasteiger partial charge in [0.05, 0.1) is 0 Å². The van der Waals surface area contributed by atoms with Crippen LogP contribution in [0.5, 0.6) is 0 Å². The minimum Gasteiger partial charge on any atom is -0.337 e. The van der Waals surface area contributed by atoms with Crippen LogP contribution in [0.15, 0.2) is 18.2 Å². The summed E-state index contributed by atoms with van der Waals surface area (Å²) in [4.78, 5) is 14.1. The lowest BCUT2D eigenvalue weighted by Gasteiger charge is -2.34. The van der Waals surface area contributed by atoms with Gasteiger partial charge >= 0.3 is 0 Å². The average molecular weight is 287 g/mol. The average Bonchev–Trinajstić information content (AvgIpc) is 2.25. The van der Waals surface area contributed by atoms with Crippen molar-refractivity contribution in [2.24, 2.45) is 11.7 Å². The smallest absolute Gasteiger partial charge is 0.254 e. The maximum absolute atomic E-state index is 12.3. The molecule has 0 bridgehead atoms. The fourth-order valence-corrected chi connectivity index (χ4v) is 2.95. The van der Waals surface area contributed by atoms with E-state index in [1.807, 2.05) is 0 Å². The molecule has 18 heavy (non-hydrogen) atoms. The van der Waals surface area contributed by atoms with Gasteiger partial charge < -0.3 is 10.6 Å². The van der Waals surface area contributed by atoms with E-state index in [1.165, 1.54) is 0 Å². The highest BCUT2D eigenvalue weighted by Crippen LogP contribution is 2.22. The zero-order valence-electron chi connectivity index (χ0n) is 10.2. The molecule has 1 saturated heterocycles. The fourth-order valence-electron chi connectivity index (χ4n) is 2.43. The van der Waals surface area contributed by atoms with Crippen molar-refractivity contribution < 1.29 is 4.79 Å². The number of nitrogens with zero attached hydrogens (tertiary/aromatic N) is 1. The first-order valence-corrected chi connectivity index (χ1v) is 6.72. The summed E-state index contributed by atoms with van der Waals surface area (Å²) in [6.45, 7) is 3.42. The van der Waals surface area contributed by atoms with Crippen molar-refractivity contribution in [3.63, 3.8) is 0 Å². The first kappa shape index (κ1) is 13.7. The fraction of sp³-hybridized carbons (Fsp3) is 0.462. The molecule has 1 aliphatic rings. The van der Waals surface area contributed by atoms with Crippen molar-refractivity contribution in [3.8, 4) is 0 Å². The molecule has 0 saturated carbocycles. The summed E-state index contributed by atoms with van der Waals surface area (Å²) >= 11 is 11.8. The quantitative estimate of drug-likeness (QED) is 0.863. The van der Waals surface area contributed by atoms with Crippen molar-refractivity contribution in [3.05, 3.63) is 33.8 Å². The second-order valence-electron chi connectivity index (χ2n) is 4.97. The molecule has 1 aromatic rings. The number of hydrogen-bond acceptors (Lipinski definition) is 2. The van der Waals surface area contributed by atoms with Gasteiger partial charge in [-0.25, -0.2) is 0 Å². The number of piperidine rings is 1. The number of nitrogens with two attached hydrogens (primary N) is 1. The highest BCUT2D eigenvalue weighted by Gasteiger charge is 2.26. The van der Waals surface area contributed by atoms with Crippen LogP contribution in [0.2, 0.25) is 10.0 Å². The molecule has 2 rings (SSSR count). The zero-order valence-corrected chi connectivity index (χ0v) is 11.7. The van der Waals surface area contributed by atoms with Gasteiger partial charge in [0.25, 0.3) is 5.91 Å². The van der Waals surface area contributed by atoms with Crippen LogP contribution in [0.25, 0.3) is 0 Å². The van der Waals surface area contributed by atoms with Crippen LogP contribution in [0, 0.1) is 5.92 Å². The number of amides is 1. The molecule has 0 spiro atoms. The number of hydrogen-bond donors (Lipinski definition) is 1. The van der Waals surface area contributed by atoms with Gasteiger partial charge in [0.1, 0.15) is 0 Å². The van der Waals surface area contributed by atoms with E-state index < -0.39 is 0 Å². The second kappa shape index (κ2) is 5.47. The van der Waals surface area contributed by atoms with Crippen molar-refractivity contribution >= 4 is 29.1 Å². The minimum absolute atomic E-state index is 0.0485. The summed E-state index contributed by atoms with van der Waals surface area (Å²) < 4.78 is 0. The lowest BCUT2D eigenvalue weighted by molar-refractivity contribution is 0.0661. The Hall–Kier alpha value is -0.770. The molecule has 2 N–H and O–H groups in total. The van der Waals surface area contributed by atoms with Crippen LogP contribution >= 0.6 is 23.2 Å². The van der Waals surface area contributed by atoms with E-state index >= 15 is 0 Å². The third-order valence-electron chi connectivity index (χ3n) is 3.09. The molecule has 0 aromatic heterocycles. The topological polar surface area (TPSA) is 46.3 Å². The number of carbonyl (C=O) groups excluding carboxylic acids is 1. The van der Waals surface area contributed by atoms with Crippen LogP contribution < -0.4 is 5.73 Å². The van der Waals surface area contributed by atoms with Crippen LogP contribution in [-0.4, -0.2) is 29.9 Å². The van der Waals surface area contributed by atoms with E-state index in [0.717, 1.165) is 13.0 Å². The molecule has 5 heteroatoms. The van der Waals surface area contributed by atoms with Gasteiger partial charge in [-0.2, -0.15) is 0 Å². The molecule has 3 nitrogen and oxygen atoms in total. The van der Waals surface area contributed by atoms with Crippen molar-refractivity contribution in [2.45, 2.75) is 19.4 Å². The van der Waals surface area contributed by atoms with Crippen molar-refractivity contribution in [2.75, 3.05) is 13.1 Å². The molecular weight excluding hydrogens is 271 g/mol. The Morgan fingerprint density at radius 2 is 1.89 bits per heavy atom. The third kappa shape index (κ3) is 3.16. The first-order valence-electron chi connectivity index (χ1n) is 5.96. The standard InChI is InChI=1S/C13H16Cl2N2O/c1-8-2-12(16)7-17(6-8)13(18)9-3-10(14)5-11(15)4-9/h3-5,8,12H,2,6-7,16H2,1H3. The van der Waals surface area contributed by atoms with E-state index in [0.29, 0.717) is 28.1 Å². The Bertz CT molecular complexity index is 434. The molecule has 1 aliphatic heterocycles. The SMILES string of the molecule is CC1CC(N)CN(C(=O)c2cc(Cl)cc(Cl)c2)C1. The summed E-state index contributed by atoms with van der Waals surface area (Å²) in [5, 5.41) is 0.945. The normalized spacial score (nSPS) is 24.1. The lowest BCUT2D eigenvalue weighted by atomic mass is 9.96. The number of rotatable bonds is 1. The van der Waals surface area contributed by atoms with Gasteiger partial charge in [0.15, 0.2) is 0 Å². The van der Waals surface area contributed by atoms with Gasteiger partial charge in [-0.3, -0.25) is 4.79 Å². The number of carbonyl (C=O) groups is 1. The molecule has 0 radical (unpaired) electrons. The van der Waals surface area contributed by atoms with Crippen molar-refractivity contribution in [1.82, 2.24) is 4.90 Å². The Labute approximate surface area is 117 Å². The first-order chi connectivity index (χ1) is 8.45. The lowest BCUT2D eigenvalue weighted by Crippen LogP contribution is -2.48. The third-order valence-corrected chi connectivity index (χ3v) is 3.53. The highest BCUT2D eigenvalue weighted by molar-refractivity contribution is 6.35. The summed E-state index contributed by atoms with van der Waals surface area (Å²) in [6, 6.07) is 4.94. The molecule has 1 heterocycles. The number of halogens is 2. The molecular formula is C13H16Cl2N2O. The van der Waals surface area contributed by atoms with Crippen LogP contribution in [0.3, 0.4) is 0 Å². The molecule has 98 valence electrons. The van der Waals surface area contributed by atoms with E-state index in [-0.39, 0.29) is 11.9 Å². The molecule has 1 aromatic carbocycles. The zero-order chi connectivity index (χ0) is 13.3. The van der Waals surface area contributed by atoms with Crippen molar-refractivity contribution in [1.29, 1.82) is 0 Å². The van der Waals surface area contributed by atoms with E-state index in [4.69, 9.17) is 28.9 Å². The summed E-state index contributed by atoms with van der Waals surface area (Å²) in [7, 11) is 0. The Kier molecular flexibility index (Phi) is 4.15. The minimum atomic E-state index is -0.0543. The number of benzene rings is 1. The molecule has 0 aliphatic carbocycles. The van der Waals surface area contributed by atoms with E-state index in [2.05, 4.69) is 6.92 Å². The van der Waals surface area contributed by atoms with Gasteiger partial charge in [0, 0.05) is 34.7 Å². The van der Waals surface area contributed by atoms with E-state index in [1.54, 1.807) is 23.1 Å². The maximum atomic E-state index is 12.3. The highest BCUT2D eigenvalue weighted by atomic mass is 35.5. The molecule has 2 unspecified atom stereocenters. The molecule has 2 atom stereocenters. The second-order valence-corrected chi connectivity index (χ2v) is 5.84. The molecule has 1 amide bonds. The summed E-state index contributed by atoms with van der Waals surface area (Å²) in [5.74, 6) is 0.369. The molecule has 1 fully saturated rings. The van der Waals surface area contributed by atoms with Crippen LogP contribution in [0.4, 0.5) is 0 Å². The Balaban J connectivity index is 2.20. The van der Waals surface area contributed by atoms with Gasteiger partial charge in [0.2, 0.25) is 0 Å². The predicted octanol–water partition coefficient (Wildman–Crippen LogP) is 2.80. The van der Waals surface area contributed by atoms with Gasteiger partial charge in [-0.15, -0.1) is 0 Å². The summed E-state index contributed by atoms with van der Waals surface area (Å²) in [5.41, 5.74) is 6.47. The van der Waals surface area contributed by atoms with E-state index in [9.17, 15) is 4.79 Å². The summed E-state index contributed by atoms with van der Waals surface area (Å²) in [6.07, 6.45) is 0.958. The Morgan fingerprint density at radius 3 is 2.44 bits per heavy atom. The van der Waals surface area contributed by atoms with Gasteiger partial charge in [-0.1, -0.05) is 30.1 Å².